The summed E-state index contributed by atoms with van der Waals surface area (Å²) in [6.07, 6.45) is 31.2. The third-order valence-corrected chi connectivity index (χ3v) is 10.7. The predicted molar refractivity (Wildman–Crippen MR) is 220 cm³/mol. The van der Waals surface area contributed by atoms with E-state index in [9.17, 15) is 30.0 Å². The molecule has 10 nitrogen and oxygen atoms in total. The third-order valence-electron chi connectivity index (χ3n) is 10.7. The summed E-state index contributed by atoms with van der Waals surface area (Å²) < 4.78 is 22.0. The van der Waals surface area contributed by atoms with Crippen LogP contribution >= 0.6 is 0 Å². The molecule has 10 heteroatoms. The van der Waals surface area contributed by atoms with Crippen LogP contribution in [0.5, 0.6) is 0 Å². The Kier molecular flexibility index (Phi) is 34.4. The van der Waals surface area contributed by atoms with Crippen molar-refractivity contribution in [2.45, 2.75) is 243 Å². The van der Waals surface area contributed by atoms with Crippen molar-refractivity contribution in [3.8, 4) is 0 Å². The van der Waals surface area contributed by atoms with Gasteiger partial charge in [0.15, 0.2) is 12.4 Å². The van der Waals surface area contributed by atoms with Crippen LogP contribution in [0.25, 0.3) is 0 Å². The van der Waals surface area contributed by atoms with Gasteiger partial charge in [0.2, 0.25) is 0 Å². The van der Waals surface area contributed by atoms with E-state index in [0.29, 0.717) is 6.42 Å². The summed E-state index contributed by atoms with van der Waals surface area (Å²) in [4.78, 5) is 25.1. The first-order chi connectivity index (χ1) is 26.8. The summed E-state index contributed by atoms with van der Waals surface area (Å²) in [6, 6.07) is 0. The molecule has 0 aromatic rings. The molecule has 324 valence electrons. The van der Waals surface area contributed by atoms with Gasteiger partial charge in [-0.25, -0.2) is 0 Å². The van der Waals surface area contributed by atoms with Gasteiger partial charge in [0, 0.05) is 12.8 Å². The highest BCUT2D eigenvalue weighted by Crippen LogP contribution is 2.23. The zero-order valence-electron chi connectivity index (χ0n) is 35.2. The zero-order chi connectivity index (χ0) is 40.2. The predicted octanol–water partition coefficient (Wildman–Crippen LogP) is 9.56. The van der Waals surface area contributed by atoms with Crippen molar-refractivity contribution in [1.82, 2.24) is 0 Å². The van der Waals surface area contributed by atoms with Gasteiger partial charge in [-0.1, -0.05) is 174 Å². The topological polar surface area (TPSA) is 152 Å². The number of rotatable bonds is 38. The highest BCUT2D eigenvalue weighted by Gasteiger charge is 2.44. The number of esters is 2. The van der Waals surface area contributed by atoms with Gasteiger partial charge in [0.25, 0.3) is 0 Å². The van der Waals surface area contributed by atoms with E-state index in [2.05, 4.69) is 26.0 Å². The van der Waals surface area contributed by atoms with Crippen molar-refractivity contribution in [1.29, 1.82) is 0 Å². The van der Waals surface area contributed by atoms with Gasteiger partial charge in [0.1, 0.15) is 31.0 Å². The lowest BCUT2D eigenvalue weighted by Crippen LogP contribution is -2.59. The quantitative estimate of drug-likeness (QED) is 0.0271. The normalized spacial score (nSPS) is 20.6. The fraction of sp³-hybridized carbons (Fsp3) is 0.911. The molecule has 0 bridgehead atoms. The third kappa shape index (κ3) is 28.5. The molecule has 0 aromatic heterocycles. The molecule has 0 radical (unpaired) electrons. The first-order valence-corrected chi connectivity index (χ1v) is 22.8. The number of hydrogen-bond acceptors (Lipinski definition) is 10. The van der Waals surface area contributed by atoms with E-state index in [1.54, 1.807) is 0 Å². The lowest BCUT2D eigenvalue weighted by molar-refractivity contribution is -0.305. The van der Waals surface area contributed by atoms with E-state index in [4.69, 9.17) is 18.9 Å². The van der Waals surface area contributed by atoms with E-state index < -0.39 is 49.4 Å². The lowest BCUT2D eigenvalue weighted by atomic mass is 9.99. The molecule has 2 unspecified atom stereocenters. The minimum atomic E-state index is -1.59. The summed E-state index contributed by atoms with van der Waals surface area (Å²) in [7, 11) is 0. The number of ether oxygens (including phenoxy) is 4. The molecule has 1 aliphatic rings. The Morgan fingerprint density at radius 2 is 0.982 bits per heavy atom. The first-order valence-electron chi connectivity index (χ1n) is 22.8. The molecular formula is C45H84O10. The molecule has 1 fully saturated rings. The molecule has 0 amide bonds. The van der Waals surface area contributed by atoms with Crippen LogP contribution in [-0.4, -0.2) is 89.0 Å². The Balaban J connectivity index is 2.22. The summed E-state index contributed by atoms with van der Waals surface area (Å²) in [5.41, 5.74) is 0. The van der Waals surface area contributed by atoms with E-state index >= 15 is 0 Å². The molecule has 4 N–H and O–H groups in total. The van der Waals surface area contributed by atoms with Gasteiger partial charge >= 0.3 is 11.9 Å². The van der Waals surface area contributed by atoms with Crippen molar-refractivity contribution in [3.05, 3.63) is 12.2 Å². The summed E-state index contributed by atoms with van der Waals surface area (Å²) in [5, 5.41) is 39.9. The highest BCUT2D eigenvalue weighted by molar-refractivity contribution is 5.70. The SMILES string of the molecule is CCCCCCCCCCCCCCCCCCCC/C=C/CCCC(=O)O[C@H](COC(=O)CCCCCCCCC)CO[C@H]1O[C@@H](CO)[C@@H](O)C(O)C1O. The molecular weight excluding hydrogens is 700 g/mol. The number of hydrogen-bond donors (Lipinski definition) is 4. The van der Waals surface area contributed by atoms with Crippen molar-refractivity contribution in [2.24, 2.45) is 0 Å². The minimum Gasteiger partial charge on any atom is -0.462 e. The van der Waals surface area contributed by atoms with E-state index in [1.807, 2.05) is 0 Å². The highest BCUT2D eigenvalue weighted by atomic mass is 16.7. The molecule has 0 aromatic carbocycles. The van der Waals surface area contributed by atoms with E-state index in [-0.39, 0.29) is 32.0 Å². The Morgan fingerprint density at radius 1 is 0.545 bits per heavy atom. The van der Waals surface area contributed by atoms with Crippen molar-refractivity contribution < 1.29 is 49.0 Å². The lowest BCUT2D eigenvalue weighted by Gasteiger charge is -2.39. The molecule has 6 atom stereocenters. The Labute approximate surface area is 335 Å². The van der Waals surface area contributed by atoms with Crippen LogP contribution in [0.15, 0.2) is 12.2 Å². The van der Waals surface area contributed by atoms with Gasteiger partial charge in [0.05, 0.1) is 13.2 Å². The summed E-state index contributed by atoms with van der Waals surface area (Å²) >= 11 is 0. The largest absolute Gasteiger partial charge is 0.462 e. The molecule has 0 saturated carbocycles. The second kappa shape index (κ2) is 36.8. The Hall–Kier alpha value is -1.56. The minimum absolute atomic E-state index is 0.187. The van der Waals surface area contributed by atoms with Gasteiger partial charge < -0.3 is 39.4 Å². The number of unbranched alkanes of at least 4 members (excludes halogenated alkanes) is 25. The number of carbonyl (C=O) groups is 2. The monoisotopic (exact) mass is 785 g/mol. The van der Waals surface area contributed by atoms with Crippen molar-refractivity contribution >= 4 is 11.9 Å². The van der Waals surface area contributed by atoms with Crippen LogP contribution in [0.3, 0.4) is 0 Å². The Morgan fingerprint density at radius 3 is 1.47 bits per heavy atom. The van der Waals surface area contributed by atoms with Crippen LogP contribution < -0.4 is 0 Å². The summed E-state index contributed by atoms with van der Waals surface area (Å²) in [6.45, 7) is 3.36. The maximum Gasteiger partial charge on any atom is 0.306 e. The first kappa shape index (κ1) is 51.5. The fourth-order valence-electron chi connectivity index (χ4n) is 7.02. The molecule has 55 heavy (non-hydrogen) atoms. The summed E-state index contributed by atoms with van der Waals surface area (Å²) in [5.74, 6) is -0.843. The molecule has 0 aliphatic carbocycles. The standard InChI is InChI=1S/C45H84O10/c1-3-5-7-9-11-12-13-14-15-16-17-18-19-20-21-22-23-24-25-26-28-30-32-34-41(48)54-38(36-52-40(47)33-31-29-27-10-8-6-4-2)37-53-45-44(51)43(50)42(49)39(35-46)55-45/h26,28,38-39,42-46,49-51H,3-25,27,29-37H2,1-2H3/b28-26+/t38-,39+,42-,43?,44?,45+/m1/s1. The molecule has 1 aliphatic heterocycles. The maximum atomic E-state index is 12.7. The van der Waals surface area contributed by atoms with E-state index in [0.717, 1.165) is 38.5 Å². The Bertz CT molecular complexity index is 912. The van der Waals surface area contributed by atoms with Crippen LogP contribution in [0.2, 0.25) is 0 Å². The van der Waals surface area contributed by atoms with Gasteiger partial charge in [-0.05, 0) is 32.1 Å². The maximum absolute atomic E-state index is 12.7. The van der Waals surface area contributed by atoms with Crippen molar-refractivity contribution in [3.63, 3.8) is 0 Å². The van der Waals surface area contributed by atoms with Gasteiger partial charge in [-0.2, -0.15) is 0 Å². The average molecular weight is 785 g/mol. The van der Waals surface area contributed by atoms with Crippen molar-refractivity contribution in [2.75, 3.05) is 19.8 Å². The van der Waals surface area contributed by atoms with Crippen LogP contribution in [-0.2, 0) is 28.5 Å². The molecule has 0 spiro atoms. The average Bonchev–Trinajstić information content (AvgIpc) is 3.18. The van der Waals surface area contributed by atoms with Crippen LogP contribution in [0.1, 0.15) is 206 Å². The zero-order valence-corrected chi connectivity index (χ0v) is 35.2. The number of aliphatic hydroxyl groups is 4. The van der Waals surface area contributed by atoms with Gasteiger partial charge in [-0.15, -0.1) is 0 Å². The van der Waals surface area contributed by atoms with E-state index in [1.165, 1.54) is 135 Å². The van der Waals surface area contributed by atoms with Crippen LogP contribution in [0, 0.1) is 0 Å². The number of aliphatic hydroxyl groups excluding tert-OH is 4. The number of allylic oxidation sites excluding steroid dienone is 2. The van der Waals surface area contributed by atoms with Crippen LogP contribution in [0.4, 0.5) is 0 Å². The molecule has 1 heterocycles. The smallest absolute Gasteiger partial charge is 0.306 e. The fourth-order valence-corrected chi connectivity index (χ4v) is 7.02. The number of carbonyl (C=O) groups excluding carboxylic acids is 2. The molecule has 1 rings (SSSR count). The molecule has 1 saturated heterocycles. The second-order valence-corrected chi connectivity index (χ2v) is 15.9. The van der Waals surface area contributed by atoms with Gasteiger partial charge in [-0.3, -0.25) is 9.59 Å². The second-order valence-electron chi connectivity index (χ2n) is 15.9.